The summed E-state index contributed by atoms with van der Waals surface area (Å²) in [5.74, 6) is 0.104. The molecule has 0 saturated heterocycles. The summed E-state index contributed by atoms with van der Waals surface area (Å²) in [6.07, 6.45) is 2.26. The van der Waals surface area contributed by atoms with Crippen LogP contribution in [-0.2, 0) is 22.6 Å². The van der Waals surface area contributed by atoms with E-state index >= 15 is 0 Å². The molecule has 0 aliphatic rings. The lowest BCUT2D eigenvalue weighted by Crippen LogP contribution is -2.51. The maximum Gasteiger partial charge on any atom is 0.261 e. The standard InChI is InChI=1S/C28H30BrClN2O3/c1-2-3-17-31-28(34)26(18-21-7-5-4-6-8-21)32(19-22-9-11-23(29)12-10-22)27(33)20-35-25-15-13-24(30)14-16-25/h4-16,26H,2-3,17-20H2,1H3,(H,31,34)/t26-/m1/s1. The molecular formula is C28H30BrClN2O3. The molecule has 0 spiro atoms. The summed E-state index contributed by atoms with van der Waals surface area (Å²) in [5, 5.41) is 3.61. The normalized spacial score (nSPS) is 11.5. The van der Waals surface area contributed by atoms with Crippen LogP contribution in [0.5, 0.6) is 5.75 Å². The highest BCUT2D eigenvalue weighted by Gasteiger charge is 2.30. The van der Waals surface area contributed by atoms with Crippen molar-refractivity contribution < 1.29 is 14.3 Å². The van der Waals surface area contributed by atoms with Gasteiger partial charge in [0.05, 0.1) is 0 Å². The minimum atomic E-state index is -0.681. The summed E-state index contributed by atoms with van der Waals surface area (Å²) in [4.78, 5) is 28.5. The predicted molar refractivity (Wildman–Crippen MR) is 143 cm³/mol. The average Bonchev–Trinajstić information content (AvgIpc) is 2.87. The third-order valence-electron chi connectivity index (χ3n) is 5.54. The highest BCUT2D eigenvalue weighted by molar-refractivity contribution is 9.10. The molecule has 1 atom stereocenters. The van der Waals surface area contributed by atoms with E-state index in [2.05, 4.69) is 28.2 Å². The van der Waals surface area contributed by atoms with Crippen LogP contribution in [0.3, 0.4) is 0 Å². The van der Waals surface area contributed by atoms with Gasteiger partial charge in [-0.3, -0.25) is 9.59 Å². The molecule has 0 bridgehead atoms. The van der Waals surface area contributed by atoms with Crippen molar-refractivity contribution in [3.8, 4) is 5.75 Å². The van der Waals surface area contributed by atoms with Crippen molar-refractivity contribution in [2.24, 2.45) is 0 Å². The first-order chi connectivity index (χ1) is 17.0. The van der Waals surface area contributed by atoms with Gasteiger partial charge < -0.3 is 15.0 Å². The second-order valence-electron chi connectivity index (χ2n) is 8.24. The van der Waals surface area contributed by atoms with Gasteiger partial charge in [-0.2, -0.15) is 0 Å². The van der Waals surface area contributed by atoms with Gasteiger partial charge in [0.25, 0.3) is 5.91 Å². The van der Waals surface area contributed by atoms with E-state index in [1.165, 1.54) is 0 Å². The molecule has 35 heavy (non-hydrogen) atoms. The summed E-state index contributed by atoms with van der Waals surface area (Å²) in [7, 11) is 0. The Morgan fingerprint density at radius 2 is 1.66 bits per heavy atom. The minimum absolute atomic E-state index is 0.167. The van der Waals surface area contributed by atoms with Gasteiger partial charge in [-0.05, 0) is 53.9 Å². The smallest absolute Gasteiger partial charge is 0.261 e. The molecule has 3 rings (SSSR count). The maximum absolute atomic E-state index is 13.5. The van der Waals surface area contributed by atoms with Gasteiger partial charge in [0.2, 0.25) is 5.91 Å². The molecule has 0 aliphatic carbocycles. The van der Waals surface area contributed by atoms with Gasteiger partial charge in [0.1, 0.15) is 11.8 Å². The number of carbonyl (C=O) groups excluding carboxylic acids is 2. The molecule has 184 valence electrons. The summed E-state index contributed by atoms with van der Waals surface area (Å²) >= 11 is 9.41. The van der Waals surface area contributed by atoms with Crippen LogP contribution in [-0.4, -0.2) is 35.9 Å². The van der Waals surface area contributed by atoms with E-state index in [4.69, 9.17) is 16.3 Å². The van der Waals surface area contributed by atoms with Crippen LogP contribution in [0.4, 0.5) is 0 Å². The quantitative estimate of drug-likeness (QED) is 0.276. The third kappa shape index (κ3) is 8.71. The monoisotopic (exact) mass is 556 g/mol. The zero-order chi connectivity index (χ0) is 25.0. The Balaban J connectivity index is 1.86. The van der Waals surface area contributed by atoms with E-state index in [1.807, 2.05) is 54.6 Å². The summed E-state index contributed by atoms with van der Waals surface area (Å²) < 4.78 is 6.70. The number of carbonyl (C=O) groups is 2. The van der Waals surface area contributed by atoms with E-state index in [1.54, 1.807) is 29.2 Å². The Labute approximate surface area is 220 Å². The second kappa shape index (κ2) is 13.9. The van der Waals surface area contributed by atoms with Crippen molar-refractivity contribution in [3.63, 3.8) is 0 Å². The van der Waals surface area contributed by atoms with Crippen molar-refractivity contribution in [1.82, 2.24) is 10.2 Å². The lowest BCUT2D eigenvalue weighted by atomic mass is 10.0. The number of benzene rings is 3. The van der Waals surface area contributed by atoms with Crippen LogP contribution in [0.15, 0.2) is 83.3 Å². The fraction of sp³-hybridized carbons (Fsp3) is 0.286. The molecule has 3 aromatic carbocycles. The number of nitrogens with one attached hydrogen (secondary N) is 1. The molecule has 0 heterocycles. The molecule has 0 saturated carbocycles. The number of nitrogens with zero attached hydrogens (tertiary/aromatic N) is 1. The van der Waals surface area contributed by atoms with Crippen molar-refractivity contribution in [2.75, 3.05) is 13.2 Å². The lowest BCUT2D eigenvalue weighted by Gasteiger charge is -2.31. The first-order valence-electron chi connectivity index (χ1n) is 11.7. The van der Waals surface area contributed by atoms with Crippen molar-refractivity contribution in [3.05, 3.63) is 99.5 Å². The SMILES string of the molecule is CCCCNC(=O)[C@@H](Cc1ccccc1)N(Cc1ccc(Br)cc1)C(=O)COc1ccc(Cl)cc1. The highest BCUT2D eigenvalue weighted by atomic mass is 79.9. The maximum atomic E-state index is 13.5. The topological polar surface area (TPSA) is 58.6 Å². The Hall–Kier alpha value is -2.83. The molecule has 5 nitrogen and oxygen atoms in total. The van der Waals surface area contributed by atoms with Crippen LogP contribution >= 0.6 is 27.5 Å². The zero-order valence-corrected chi connectivity index (χ0v) is 22.1. The molecule has 0 aliphatic heterocycles. The number of hydrogen-bond donors (Lipinski definition) is 1. The van der Waals surface area contributed by atoms with Crippen LogP contribution in [0.1, 0.15) is 30.9 Å². The van der Waals surface area contributed by atoms with Gasteiger partial charge in [-0.25, -0.2) is 0 Å². The molecule has 3 aromatic rings. The van der Waals surface area contributed by atoms with E-state index < -0.39 is 6.04 Å². The van der Waals surface area contributed by atoms with E-state index in [9.17, 15) is 9.59 Å². The van der Waals surface area contributed by atoms with Crippen LogP contribution in [0.25, 0.3) is 0 Å². The number of ether oxygens (including phenoxy) is 1. The van der Waals surface area contributed by atoms with Crippen LogP contribution in [0.2, 0.25) is 5.02 Å². The number of rotatable bonds is 12. The molecule has 0 radical (unpaired) electrons. The number of unbranched alkanes of at least 4 members (excludes halogenated alkanes) is 1. The summed E-state index contributed by atoms with van der Waals surface area (Å²) in [6.45, 7) is 2.74. The van der Waals surface area contributed by atoms with E-state index in [-0.39, 0.29) is 25.0 Å². The number of hydrogen-bond acceptors (Lipinski definition) is 3. The Morgan fingerprint density at radius 1 is 0.971 bits per heavy atom. The molecule has 0 fully saturated rings. The van der Waals surface area contributed by atoms with Crippen molar-refractivity contribution >= 4 is 39.3 Å². The molecule has 0 unspecified atom stereocenters. The third-order valence-corrected chi connectivity index (χ3v) is 6.32. The van der Waals surface area contributed by atoms with Crippen molar-refractivity contribution in [1.29, 1.82) is 0 Å². The number of amides is 2. The van der Waals surface area contributed by atoms with E-state index in [0.29, 0.717) is 23.7 Å². The molecule has 0 aromatic heterocycles. The van der Waals surface area contributed by atoms with Crippen LogP contribution in [0, 0.1) is 0 Å². The van der Waals surface area contributed by atoms with Gasteiger partial charge in [0, 0.05) is 29.0 Å². The molecule has 2 amide bonds. The fourth-order valence-corrected chi connectivity index (χ4v) is 4.00. The summed E-state index contributed by atoms with van der Waals surface area (Å²) in [6, 6.07) is 23.7. The fourth-order valence-electron chi connectivity index (χ4n) is 3.61. The Kier molecular flexibility index (Phi) is 10.6. The average molecular weight is 558 g/mol. The van der Waals surface area contributed by atoms with Gasteiger partial charge >= 0.3 is 0 Å². The van der Waals surface area contributed by atoms with Gasteiger partial charge in [-0.1, -0.05) is 83.3 Å². The van der Waals surface area contributed by atoms with Crippen molar-refractivity contribution in [2.45, 2.75) is 38.8 Å². The molecule has 1 N–H and O–H groups in total. The second-order valence-corrected chi connectivity index (χ2v) is 9.59. The Bertz CT molecular complexity index is 1080. The largest absolute Gasteiger partial charge is 0.484 e. The van der Waals surface area contributed by atoms with Gasteiger partial charge in [0.15, 0.2) is 6.61 Å². The van der Waals surface area contributed by atoms with Crippen LogP contribution < -0.4 is 10.1 Å². The lowest BCUT2D eigenvalue weighted by molar-refractivity contribution is -0.142. The predicted octanol–water partition coefficient (Wildman–Crippen LogP) is 6.04. The summed E-state index contributed by atoms with van der Waals surface area (Å²) in [5.41, 5.74) is 1.91. The Morgan fingerprint density at radius 3 is 2.31 bits per heavy atom. The highest BCUT2D eigenvalue weighted by Crippen LogP contribution is 2.19. The minimum Gasteiger partial charge on any atom is -0.484 e. The first kappa shape index (κ1) is 26.8. The van der Waals surface area contributed by atoms with Gasteiger partial charge in [-0.15, -0.1) is 0 Å². The molecular weight excluding hydrogens is 528 g/mol. The zero-order valence-electron chi connectivity index (χ0n) is 19.8. The first-order valence-corrected chi connectivity index (χ1v) is 12.9. The molecule has 7 heteroatoms. The van der Waals surface area contributed by atoms with E-state index in [0.717, 1.165) is 28.4 Å². The number of halogens is 2.